The molecule has 0 spiro atoms. The Balaban J connectivity index is 1.73. The Bertz CT molecular complexity index is 959. The molecule has 0 aliphatic heterocycles. The molecule has 0 saturated carbocycles. The number of carbonyl (C=O) groups is 2. The maximum Gasteiger partial charge on any atom is 0.234 e. The Morgan fingerprint density at radius 3 is 1.97 bits per heavy atom. The van der Waals surface area contributed by atoms with Gasteiger partial charge in [0, 0.05) is 11.3 Å². The van der Waals surface area contributed by atoms with Crippen molar-refractivity contribution in [3.63, 3.8) is 0 Å². The SMILES string of the molecule is CC(=O)c1cccc(NC(=O)CSC(c2ccc(F)cc2)c2ccc(F)cc2)c1. The molecule has 0 aliphatic carbocycles. The molecule has 0 atom stereocenters. The van der Waals surface area contributed by atoms with E-state index in [2.05, 4.69) is 5.32 Å². The van der Waals surface area contributed by atoms with Gasteiger partial charge in [-0.25, -0.2) is 8.78 Å². The Morgan fingerprint density at radius 1 is 0.897 bits per heavy atom. The first-order valence-corrected chi connectivity index (χ1v) is 10.0. The molecule has 29 heavy (non-hydrogen) atoms. The number of ketones is 1. The lowest BCUT2D eigenvalue weighted by molar-refractivity contribution is -0.113. The van der Waals surface area contributed by atoms with Crippen LogP contribution in [0.1, 0.15) is 33.7 Å². The molecule has 0 saturated heterocycles. The van der Waals surface area contributed by atoms with Crippen LogP contribution in [0, 0.1) is 11.6 Å². The topological polar surface area (TPSA) is 46.2 Å². The fourth-order valence-electron chi connectivity index (χ4n) is 2.83. The summed E-state index contributed by atoms with van der Waals surface area (Å²) < 4.78 is 26.6. The molecule has 0 heterocycles. The van der Waals surface area contributed by atoms with Crippen LogP contribution >= 0.6 is 11.8 Å². The number of nitrogens with one attached hydrogen (secondary N) is 1. The van der Waals surface area contributed by atoms with Crippen LogP contribution in [-0.2, 0) is 4.79 Å². The monoisotopic (exact) mass is 411 g/mol. The van der Waals surface area contributed by atoms with Gasteiger partial charge in [0.05, 0.1) is 11.0 Å². The molecule has 0 aliphatic rings. The van der Waals surface area contributed by atoms with Crippen molar-refractivity contribution in [1.29, 1.82) is 0 Å². The van der Waals surface area contributed by atoms with Gasteiger partial charge >= 0.3 is 0 Å². The van der Waals surface area contributed by atoms with Crippen LogP contribution in [0.25, 0.3) is 0 Å². The average molecular weight is 411 g/mol. The minimum atomic E-state index is -0.347. The molecular weight excluding hydrogens is 392 g/mol. The fraction of sp³-hybridized carbons (Fsp3) is 0.130. The van der Waals surface area contributed by atoms with Gasteiger partial charge in [0.15, 0.2) is 5.78 Å². The highest BCUT2D eigenvalue weighted by Crippen LogP contribution is 2.35. The standard InChI is InChI=1S/C23H19F2NO2S/c1-15(27)18-3-2-4-21(13-18)26-22(28)14-29-23(16-5-9-19(24)10-6-16)17-7-11-20(25)12-8-17/h2-13,23H,14H2,1H3,(H,26,28). The van der Waals surface area contributed by atoms with Crippen LogP contribution < -0.4 is 5.32 Å². The third-order valence-corrected chi connectivity index (χ3v) is 5.59. The Hall–Kier alpha value is -2.99. The molecule has 6 heteroatoms. The second-order valence-corrected chi connectivity index (χ2v) is 7.57. The van der Waals surface area contributed by atoms with Crippen LogP contribution in [0.5, 0.6) is 0 Å². The Morgan fingerprint density at radius 2 is 1.45 bits per heavy atom. The molecule has 3 nitrogen and oxygen atoms in total. The number of halogens is 2. The summed E-state index contributed by atoms with van der Waals surface area (Å²) in [5.74, 6) is -0.878. The number of rotatable bonds is 7. The molecule has 148 valence electrons. The largest absolute Gasteiger partial charge is 0.325 e. The summed E-state index contributed by atoms with van der Waals surface area (Å²) in [6.07, 6.45) is 0. The number of carbonyl (C=O) groups excluding carboxylic acids is 2. The molecule has 0 aromatic heterocycles. The lowest BCUT2D eigenvalue weighted by atomic mass is 10.0. The number of Topliss-reactive ketones (excluding diaryl/α,β-unsaturated/α-hetero) is 1. The predicted octanol–water partition coefficient (Wildman–Crippen LogP) is 5.63. The van der Waals surface area contributed by atoms with E-state index in [-0.39, 0.29) is 34.3 Å². The van der Waals surface area contributed by atoms with Crippen molar-refractivity contribution in [2.75, 3.05) is 11.1 Å². The summed E-state index contributed by atoms with van der Waals surface area (Å²) in [6.45, 7) is 1.47. The van der Waals surface area contributed by atoms with Gasteiger partial charge in [-0.05, 0) is 54.4 Å². The zero-order chi connectivity index (χ0) is 20.8. The molecule has 3 aromatic rings. The van der Waals surface area contributed by atoms with E-state index in [1.807, 2.05) is 0 Å². The molecule has 0 bridgehead atoms. The predicted molar refractivity (Wildman–Crippen MR) is 112 cm³/mol. The van der Waals surface area contributed by atoms with Crippen LogP contribution in [0.3, 0.4) is 0 Å². The van der Waals surface area contributed by atoms with E-state index < -0.39 is 0 Å². The first-order chi connectivity index (χ1) is 13.9. The molecule has 0 fully saturated rings. The highest BCUT2D eigenvalue weighted by atomic mass is 32.2. The maximum atomic E-state index is 13.3. The van der Waals surface area contributed by atoms with E-state index >= 15 is 0 Å². The van der Waals surface area contributed by atoms with Gasteiger partial charge < -0.3 is 5.32 Å². The minimum Gasteiger partial charge on any atom is -0.325 e. The lowest BCUT2D eigenvalue weighted by Gasteiger charge is -2.18. The van der Waals surface area contributed by atoms with Crippen LogP contribution in [0.2, 0.25) is 0 Å². The number of hydrogen-bond acceptors (Lipinski definition) is 3. The summed E-state index contributed by atoms with van der Waals surface area (Å²) in [5, 5.41) is 2.52. The van der Waals surface area contributed by atoms with E-state index in [0.717, 1.165) is 11.1 Å². The third kappa shape index (κ3) is 5.74. The van der Waals surface area contributed by atoms with Crippen LogP contribution in [-0.4, -0.2) is 17.4 Å². The van der Waals surface area contributed by atoms with Crippen molar-refractivity contribution < 1.29 is 18.4 Å². The summed E-state index contributed by atoms with van der Waals surface area (Å²) in [6, 6.07) is 18.8. The number of thioether (sulfide) groups is 1. The molecule has 1 amide bonds. The van der Waals surface area contributed by atoms with E-state index in [1.165, 1.54) is 43.0 Å². The van der Waals surface area contributed by atoms with E-state index in [9.17, 15) is 18.4 Å². The van der Waals surface area contributed by atoms with Gasteiger partial charge in [-0.2, -0.15) is 0 Å². The summed E-state index contributed by atoms with van der Waals surface area (Å²) in [4.78, 5) is 23.9. The third-order valence-electron chi connectivity index (χ3n) is 4.28. The second kappa shape index (κ2) is 9.47. The van der Waals surface area contributed by atoms with Gasteiger partial charge in [0.25, 0.3) is 0 Å². The normalized spacial score (nSPS) is 10.8. The maximum absolute atomic E-state index is 13.3. The van der Waals surface area contributed by atoms with E-state index in [0.29, 0.717) is 11.3 Å². The number of benzene rings is 3. The first kappa shape index (κ1) is 20.7. The Labute approximate surface area is 172 Å². The number of amides is 1. The van der Waals surface area contributed by atoms with Crippen molar-refractivity contribution in [2.45, 2.75) is 12.2 Å². The van der Waals surface area contributed by atoms with Gasteiger partial charge in [-0.1, -0.05) is 36.4 Å². The molecule has 0 unspecified atom stereocenters. The highest BCUT2D eigenvalue weighted by Gasteiger charge is 2.17. The number of hydrogen-bond donors (Lipinski definition) is 1. The molecule has 3 aromatic carbocycles. The summed E-state index contributed by atoms with van der Waals surface area (Å²) in [5.41, 5.74) is 2.69. The van der Waals surface area contributed by atoms with Gasteiger partial charge in [0.2, 0.25) is 5.91 Å². The fourth-order valence-corrected chi connectivity index (χ4v) is 3.92. The molecule has 3 rings (SSSR count). The molecular formula is C23H19F2NO2S. The zero-order valence-electron chi connectivity index (χ0n) is 15.7. The zero-order valence-corrected chi connectivity index (χ0v) is 16.5. The smallest absolute Gasteiger partial charge is 0.234 e. The van der Waals surface area contributed by atoms with Crippen molar-refractivity contribution in [3.8, 4) is 0 Å². The van der Waals surface area contributed by atoms with Crippen LogP contribution in [0.15, 0.2) is 72.8 Å². The van der Waals surface area contributed by atoms with Crippen molar-refractivity contribution in [2.24, 2.45) is 0 Å². The van der Waals surface area contributed by atoms with Crippen LogP contribution in [0.4, 0.5) is 14.5 Å². The summed E-state index contributed by atoms with van der Waals surface area (Å²) in [7, 11) is 0. The quantitative estimate of drug-likeness (QED) is 0.513. The minimum absolute atomic E-state index is 0.0804. The second-order valence-electron chi connectivity index (χ2n) is 6.48. The van der Waals surface area contributed by atoms with E-state index in [4.69, 9.17) is 0 Å². The van der Waals surface area contributed by atoms with Gasteiger partial charge in [0.1, 0.15) is 11.6 Å². The van der Waals surface area contributed by atoms with Crippen molar-refractivity contribution >= 4 is 29.1 Å². The first-order valence-electron chi connectivity index (χ1n) is 8.96. The van der Waals surface area contributed by atoms with Gasteiger partial charge in [-0.15, -0.1) is 11.8 Å². The lowest BCUT2D eigenvalue weighted by Crippen LogP contribution is -2.15. The average Bonchev–Trinajstić information content (AvgIpc) is 2.71. The summed E-state index contributed by atoms with van der Waals surface area (Å²) >= 11 is 1.35. The Kier molecular flexibility index (Phi) is 6.77. The molecule has 0 radical (unpaired) electrons. The molecule has 1 N–H and O–H groups in total. The highest BCUT2D eigenvalue weighted by molar-refractivity contribution is 8.00. The van der Waals surface area contributed by atoms with Crippen molar-refractivity contribution in [3.05, 3.63) is 101 Å². The van der Waals surface area contributed by atoms with Gasteiger partial charge in [-0.3, -0.25) is 9.59 Å². The number of anilines is 1. The van der Waals surface area contributed by atoms with Crippen molar-refractivity contribution in [1.82, 2.24) is 0 Å². The van der Waals surface area contributed by atoms with E-state index in [1.54, 1.807) is 48.5 Å².